The average Bonchev–Trinajstić information content (AvgIpc) is 2.27. The topological polar surface area (TPSA) is 58.2 Å². The van der Waals surface area contributed by atoms with E-state index in [-0.39, 0.29) is 36.1 Å². The van der Waals surface area contributed by atoms with Gasteiger partial charge in [0.1, 0.15) is 5.82 Å². The summed E-state index contributed by atoms with van der Waals surface area (Å²) in [5.41, 5.74) is 0.0931. The molecule has 104 valence electrons. The van der Waals surface area contributed by atoms with Gasteiger partial charge in [-0.25, -0.2) is 4.39 Å². The normalized spacial score (nSPS) is 10.9. The van der Waals surface area contributed by atoms with Crippen LogP contribution in [0, 0.1) is 5.82 Å². The summed E-state index contributed by atoms with van der Waals surface area (Å²) in [5.74, 6) is -0.823. The molecule has 1 rings (SSSR count). The molecule has 2 N–H and O–H groups in total. The minimum atomic E-state index is -0.388. The molecule has 0 heterocycles. The highest BCUT2D eigenvalue weighted by molar-refractivity contribution is 5.94. The summed E-state index contributed by atoms with van der Waals surface area (Å²) in [4.78, 5) is 23.2. The van der Waals surface area contributed by atoms with E-state index in [2.05, 4.69) is 10.6 Å². The molecule has 0 spiro atoms. The molecule has 0 saturated heterocycles. The summed E-state index contributed by atoms with van der Waals surface area (Å²) in [6.45, 7) is 5.92. The molecule has 0 unspecified atom stereocenters. The van der Waals surface area contributed by atoms with Gasteiger partial charge in [0.15, 0.2) is 0 Å². The molecule has 1 aromatic rings. The molecule has 0 aliphatic carbocycles. The Labute approximate surface area is 112 Å². The Kier molecular flexibility index (Phi) is 5.03. The monoisotopic (exact) mass is 266 g/mol. The van der Waals surface area contributed by atoms with Crippen molar-refractivity contribution >= 4 is 11.8 Å². The number of carbonyl (C=O) groups excluding carboxylic acids is 2. The van der Waals surface area contributed by atoms with Crippen LogP contribution in [-0.2, 0) is 4.79 Å². The molecule has 19 heavy (non-hydrogen) atoms. The van der Waals surface area contributed by atoms with Crippen LogP contribution in [0.1, 0.15) is 37.6 Å². The standard InChI is InChI=1S/C14H19FN2O2/c1-14(2,3)17-12(18)8-9-16-13(19)10-4-6-11(15)7-5-10/h4-7H,8-9H2,1-3H3,(H,16,19)(H,17,18). The first-order valence-corrected chi connectivity index (χ1v) is 6.13. The van der Waals surface area contributed by atoms with Crippen LogP contribution in [0.2, 0.25) is 0 Å². The van der Waals surface area contributed by atoms with Crippen LogP contribution >= 0.6 is 0 Å². The van der Waals surface area contributed by atoms with Gasteiger partial charge in [-0.3, -0.25) is 9.59 Å². The van der Waals surface area contributed by atoms with E-state index in [9.17, 15) is 14.0 Å². The average molecular weight is 266 g/mol. The molecule has 0 aliphatic heterocycles. The van der Waals surface area contributed by atoms with Crippen molar-refractivity contribution in [2.75, 3.05) is 6.54 Å². The van der Waals surface area contributed by atoms with Crippen LogP contribution in [0.3, 0.4) is 0 Å². The quantitative estimate of drug-likeness (QED) is 0.874. The van der Waals surface area contributed by atoms with Gasteiger partial charge >= 0.3 is 0 Å². The van der Waals surface area contributed by atoms with E-state index < -0.39 is 0 Å². The maximum Gasteiger partial charge on any atom is 0.251 e. The fraction of sp³-hybridized carbons (Fsp3) is 0.429. The van der Waals surface area contributed by atoms with E-state index in [0.29, 0.717) is 5.56 Å². The minimum Gasteiger partial charge on any atom is -0.352 e. The first kappa shape index (κ1) is 15.1. The summed E-state index contributed by atoms with van der Waals surface area (Å²) in [5, 5.41) is 5.41. The number of amides is 2. The lowest BCUT2D eigenvalue weighted by atomic mass is 10.1. The fourth-order valence-corrected chi connectivity index (χ4v) is 1.47. The molecule has 0 aromatic heterocycles. The first-order valence-electron chi connectivity index (χ1n) is 6.13. The Morgan fingerprint density at radius 2 is 1.74 bits per heavy atom. The molecule has 0 aliphatic rings. The van der Waals surface area contributed by atoms with Crippen LogP contribution in [0.4, 0.5) is 4.39 Å². The third-order valence-corrected chi connectivity index (χ3v) is 2.26. The van der Waals surface area contributed by atoms with Crippen molar-refractivity contribution < 1.29 is 14.0 Å². The largest absolute Gasteiger partial charge is 0.352 e. The highest BCUT2D eigenvalue weighted by Crippen LogP contribution is 2.02. The predicted molar refractivity (Wildman–Crippen MR) is 71.2 cm³/mol. The van der Waals surface area contributed by atoms with Gasteiger partial charge in [-0.1, -0.05) is 0 Å². The second-order valence-electron chi connectivity index (χ2n) is 5.31. The Balaban J connectivity index is 2.35. The number of benzene rings is 1. The van der Waals surface area contributed by atoms with Crippen LogP contribution in [0.15, 0.2) is 24.3 Å². The zero-order valence-electron chi connectivity index (χ0n) is 11.4. The molecule has 0 saturated carbocycles. The SMILES string of the molecule is CC(C)(C)NC(=O)CCNC(=O)c1ccc(F)cc1. The van der Waals surface area contributed by atoms with Gasteiger partial charge < -0.3 is 10.6 Å². The zero-order valence-corrected chi connectivity index (χ0v) is 11.4. The molecule has 5 heteroatoms. The zero-order chi connectivity index (χ0) is 14.5. The number of rotatable bonds is 4. The first-order chi connectivity index (χ1) is 8.78. The minimum absolute atomic E-state index is 0.119. The smallest absolute Gasteiger partial charge is 0.251 e. The van der Waals surface area contributed by atoms with Gasteiger partial charge in [-0.2, -0.15) is 0 Å². The van der Waals surface area contributed by atoms with E-state index in [1.807, 2.05) is 20.8 Å². The van der Waals surface area contributed by atoms with Gasteiger partial charge in [0.25, 0.3) is 5.91 Å². The molecular weight excluding hydrogens is 247 g/mol. The summed E-state index contributed by atoms with van der Waals surface area (Å²) in [7, 11) is 0. The van der Waals surface area contributed by atoms with Crippen molar-refractivity contribution in [3.05, 3.63) is 35.6 Å². The maximum atomic E-state index is 12.7. The molecule has 4 nitrogen and oxygen atoms in total. The third-order valence-electron chi connectivity index (χ3n) is 2.26. The summed E-state index contributed by atoms with van der Waals surface area (Å²) >= 11 is 0. The lowest BCUT2D eigenvalue weighted by molar-refractivity contribution is -0.122. The van der Waals surface area contributed by atoms with Gasteiger partial charge in [0, 0.05) is 24.1 Å². The number of nitrogens with one attached hydrogen (secondary N) is 2. The Morgan fingerprint density at radius 1 is 1.16 bits per heavy atom. The van der Waals surface area contributed by atoms with Crippen molar-refractivity contribution in [3.63, 3.8) is 0 Å². The third kappa shape index (κ3) is 5.99. The molecule has 1 aromatic carbocycles. The van der Waals surface area contributed by atoms with Gasteiger partial charge in [-0.05, 0) is 45.0 Å². The lowest BCUT2D eigenvalue weighted by Crippen LogP contribution is -2.41. The molecule has 2 amide bonds. The van der Waals surface area contributed by atoms with Crippen LogP contribution in [-0.4, -0.2) is 23.9 Å². The van der Waals surface area contributed by atoms with E-state index in [1.54, 1.807) is 0 Å². The van der Waals surface area contributed by atoms with Gasteiger partial charge in [0.2, 0.25) is 5.91 Å². The van der Waals surface area contributed by atoms with Crippen LogP contribution in [0.25, 0.3) is 0 Å². The number of carbonyl (C=O) groups is 2. The lowest BCUT2D eigenvalue weighted by Gasteiger charge is -2.20. The molecular formula is C14H19FN2O2. The van der Waals surface area contributed by atoms with Gasteiger partial charge in [0.05, 0.1) is 0 Å². The molecule has 0 atom stereocenters. The number of hydrogen-bond acceptors (Lipinski definition) is 2. The van der Waals surface area contributed by atoms with E-state index >= 15 is 0 Å². The summed E-state index contributed by atoms with van der Waals surface area (Å²) < 4.78 is 12.7. The van der Waals surface area contributed by atoms with Gasteiger partial charge in [-0.15, -0.1) is 0 Å². The molecule has 0 bridgehead atoms. The van der Waals surface area contributed by atoms with E-state index in [1.165, 1.54) is 24.3 Å². The van der Waals surface area contributed by atoms with Crippen molar-refractivity contribution in [1.82, 2.24) is 10.6 Å². The van der Waals surface area contributed by atoms with Crippen molar-refractivity contribution in [1.29, 1.82) is 0 Å². The van der Waals surface area contributed by atoms with E-state index in [4.69, 9.17) is 0 Å². The van der Waals surface area contributed by atoms with Crippen molar-refractivity contribution in [2.45, 2.75) is 32.7 Å². The predicted octanol–water partition coefficient (Wildman–Crippen LogP) is 1.86. The fourth-order valence-electron chi connectivity index (χ4n) is 1.47. The van der Waals surface area contributed by atoms with Crippen molar-refractivity contribution in [2.24, 2.45) is 0 Å². The van der Waals surface area contributed by atoms with E-state index in [0.717, 1.165) is 0 Å². The number of halogens is 1. The maximum absolute atomic E-state index is 12.7. The Hall–Kier alpha value is -1.91. The van der Waals surface area contributed by atoms with Crippen LogP contribution in [0.5, 0.6) is 0 Å². The number of hydrogen-bond donors (Lipinski definition) is 2. The molecule has 0 fully saturated rings. The Bertz CT molecular complexity index is 450. The summed E-state index contributed by atoms with van der Waals surface area (Å²) in [6.07, 6.45) is 0.213. The summed E-state index contributed by atoms with van der Waals surface area (Å²) in [6, 6.07) is 5.25. The second-order valence-corrected chi connectivity index (χ2v) is 5.31. The highest BCUT2D eigenvalue weighted by atomic mass is 19.1. The Morgan fingerprint density at radius 3 is 2.26 bits per heavy atom. The van der Waals surface area contributed by atoms with Crippen molar-refractivity contribution in [3.8, 4) is 0 Å². The second kappa shape index (κ2) is 6.31. The van der Waals surface area contributed by atoms with Crippen LogP contribution < -0.4 is 10.6 Å². The molecule has 0 radical (unpaired) electrons. The highest BCUT2D eigenvalue weighted by Gasteiger charge is 2.13.